The molecule has 0 atom stereocenters. The van der Waals surface area contributed by atoms with Gasteiger partial charge >= 0.3 is 6.03 Å². The molecule has 2 aromatic rings. The zero-order chi connectivity index (χ0) is 16.9. The number of anilines is 2. The smallest absolute Gasteiger partial charge is 0.321 e. The maximum Gasteiger partial charge on any atom is 0.321 e. The van der Waals surface area contributed by atoms with Crippen LogP contribution in [-0.4, -0.2) is 25.0 Å². The van der Waals surface area contributed by atoms with E-state index < -0.39 is 0 Å². The van der Waals surface area contributed by atoms with Crippen LogP contribution < -0.4 is 15.5 Å². The molecular formula is C18H18ClN3O2. The topological polar surface area (TPSA) is 61.4 Å². The van der Waals surface area contributed by atoms with E-state index in [0.29, 0.717) is 23.8 Å². The lowest BCUT2D eigenvalue weighted by Crippen LogP contribution is -2.46. The average Bonchev–Trinajstić information content (AvgIpc) is 2.56. The Morgan fingerprint density at radius 3 is 2.71 bits per heavy atom. The number of carbonyl (C=O) groups is 2. The number of rotatable bonds is 4. The number of hydrogen-bond acceptors (Lipinski definition) is 2. The van der Waals surface area contributed by atoms with Crippen molar-refractivity contribution in [3.8, 4) is 0 Å². The first-order chi connectivity index (χ1) is 11.6. The molecule has 2 N–H and O–H groups in total. The van der Waals surface area contributed by atoms with E-state index in [-0.39, 0.29) is 18.4 Å². The van der Waals surface area contributed by atoms with Gasteiger partial charge in [0.2, 0.25) is 5.91 Å². The first-order valence-corrected chi connectivity index (χ1v) is 8.19. The maximum atomic E-state index is 12.1. The van der Waals surface area contributed by atoms with Gasteiger partial charge in [0.25, 0.3) is 0 Å². The molecule has 0 aromatic heterocycles. The highest BCUT2D eigenvalue weighted by Gasteiger charge is 2.18. The molecule has 0 bridgehead atoms. The molecular weight excluding hydrogens is 326 g/mol. The maximum absolute atomic E-state index is 12.1. The van der Waals surface area contributed by atoms with Crippen LogP contribution in [0, 0.1) is 0 Å². The van der Waals surface area contributed by atoms with Crippen molar-refractivity contribution in [2.75, 3.05) is 23.3 Å². The van der Waals surface area contributed by atoms with Crippen LogP contribution in [0.4, 0.5) is 16.2 Å². The molecule has 0 aliphatic carbocycles. The van der Waals surface area contributed by atoms with Crippen LogP contribution in [0.2, 0.25) is 5.02 Å². The predicted molar refractivity (Wildman–Crippen MR) is 95.6 cm³/mol. The average molecular weight is 344 g/mol. The molecule has 1 aliphatic heterocycles. The van der Waals surface area contributed by atoms with Crippen LogP contribution in [0.5, 0.6) is 0 Å². The SMILES string of the molecule is O=C(Cc1cccc(Cl)c1)Nc1ccc(N2CCCNC2=O)cc1. The fourth-order valence-electron chi connectivity index (χ4n) is 2.64. The van der Waals surface area contributed by atoms with Crippen LogP contribution in [0.15, 0.2) is 48.5 Å². The minimum atomic E-state index is -0.110. The number of benzene rings is 2. The standard InChI is InChI=1S/C18H18ClN3O2/c19-14-4-1-3-13(11-14)12-17(23)21-15-5-7-16(8-6-15)22-10-2-9-20-18(22)24/h1,3-8,11H,2,9-10,12H2,(H,20,24)(H,21,23). The molecule has 1 aliphatic rings. The molecule has 3 amide bonds. The van der Waals surface area contributed by atoms with Gasteiger partial charge in [0.1, 0.15) is 0 Å². The summed E-state index contributed by atoms with van der Waals surface area (Å²) in [5.74, 6) is -0.110. The van der Waals surface area contributed by atoms with Crippen molar-refractivity contribution in [1.82, 2.24) is 5.32 Å². The van der Waals surface area contributed by atoms with Gasteiger partial charge in [0.15, 0.2) is 0 Å². The quantitative estimate of drug-likeness (QED) is 0.893. The van der Waals surface area contributed by atoms with Gasteiger partial charge in [-0.15, -0.1) is 0 Å². The van der Waals surface area contributed by atoms with E-state index >= 15 is 0 Å². The van der Waals surface area contributed by atoms with Crippen LogP contribution >= 0.6 is 11.6 Å². The zero-order valence-electron chi connectivity index (χ0n) is 13.1. The molecule has 0 spiro atoms. The highest BCUT2D eigenvalue weighted by Crippen LogP contribution is 2.20. The molecule has 1 saturated heterocycles. The Morgan fingerprint density at radius 1 is 1.21 bits per heavy atom. The van der Waals surface area contributed by atoms with Crippen LogP contribution in [-0.2, 0) is 11.2 Å². The van der Waals surface area contributed by atoms with Gasteiger partial charge < -0.3 is 10.6 Å². The lowest BCUT2D eigenvalue weighted by molar-refractivity contribution is -0.115. The second-order valence-corrected chi connectivity index (χ2v) is 6.08. The summed E-state index contributed by atoms with van der Waals surface area (Å²) in [4.78, 5) is 25.6. The van der Waals surface area contributed by atoms with Crippen LogP contribution in [0.25, 0.3) is 0 Å². The number of urea groups is 1. The summed E-state index contributed by atoms with van der Waals surface area (Å²) in [6.45, 7) is 1.42. The molecule has 3 rings (SSSR count). The van der Waals surface area contributed by atoms with Crippen molar-refractivity contribution in [2.45, 2.75) is 12.8 Å². The fraction of sp³-hybridized carbons (Fsp3) is 0.222. The van der Waals surface area contributed by atoms with Crippen molar-refractivity contribution >= 4 is 34.9 Å². The molecule has 0 saturated carbocycles. The summed E-state index contributed by atoms with van der Waals surface area (Å²) >= 11 is 5.92. The molecule has 1 heterocycles. The molecule has 6 heteroatoms. The number of amides is 3. The van der Waals surface area contributed by atoms with E-state index in [1.807, 2.05) is 24.3 Å². The van der Waals surface area contributed by atoms with E-state index in [4.69, 9.17) is 11.6 Å². The fourth-order valence-corrected chi connectivity index (χ4v) is 2.85. The largest absolute Gasteiger partial charge is 0.338 e. The first kappa shape index (κ1) is 16.3. The Morgan fingerprint density at radius 2 is 2.00 bits per heavy atom. The van der Waals surface area contributed by atoms with Gasteiger partial charge in [-0.3, -0.25) is 9.69 Å². The Labute approximate surface area is 145 Å². The van der Waals surface area contributed by atoms with E-state index in [1.54, 1.807) is 29.2 Å². The lowest BCUT2D eigenvalue weighted by Gasteiger charge is -2.27. The van der Waals surface area contributed by atoms with Crippen LogP contribution in [0.3, 0.4) is 0 Å². The number of hydrogen-bond donors (Lipinski definition) is 2. The second kappa shape index (κ2) is 7.36. The first-order valence-electron chi connectivity index (χ1n) is 7.81. The summed E-state index contributed by atoms with van der Waals surface area (Å²) < 4.78 is 0. The van der Waals surface area contributed by atoms with Gasteiger partial charge in [0.05, 0.1) is 6.42 Å². The third kappa shape index (κ3) is 4.06. The van der Waals surface area contributed by atoms with Gasteiger partial charge in [-0.25, -0.2) is 4.79 Å². The Hall–Kier alpha value is -2.53. The highest BCUT2D eigenvalue weighted by molar-refractivity contribution is 6.30. The monoisotopic (exact) mass is 343 g/mol. The molecule has 1 fully saturated rings. The highest BCUT2D eigenvalue weighted by atomic mass is 35.5. The molecule has 2 aromatic carbocycles. The van der Waals surface area contributed by atoms with Gasteiger partial charge in [-0.05, 0) is 48.4 Å². The van der Waals surface area contributed by atoms with E-state index in [0.717, 1.165) is 17.7 Å². The summed E-state index contributed by atoms with van der Waals surface area (Å²) in [6.07, 6.45) is 1.18. The number of halogens is 1. The summed E-state index contributed by atoms with van der Waals surface area (Å²) in [7, 11) is 0. The zero-order valence-corrected chi connectivity index (χ0v) is 13.8. The number of nitrogens with zero attached hydrogens (tertiary/aromatic N) is 1. The van der Waals surface area contributed by atoms with Gasteiger partial charge in [-0.2, -0.15) is 0 Å². The molecule has 24 heavy (non-hydrogen) atoms. The Bertz CT molecular complexity index is 746. The van der Waals surface area contributed by atoms with Crippen molar-refractivity contribution in [3.05, 3.63) is 59.1 Å². The molecule has 124 valence electrons. The summed E-state index contributed by atoms with van der Waals surface area (Å²) in [6, 6.07) is 14.4. The number of nitrogens with one attached hydrogen (secondary N) is 2. The molecule has 0 unspecified atom stereocenters. The lowest BCUT2D eigenvalue weighted by atomic mass is 10.1. The van der Waals surface area contributed by atoms with Crippen molar-refractivity contribution in [3.63, 3.8) is 0 Å². The summed E-state index contributed by atoms with van der Waals surface area (Å²) in [5, 5.41) is 6.28. The van der Waals surface area contributed by atoms with Gasteiger partial charge in [0, 0.05) is 29.5 Å². The minimum absolute atomic E-state index is 0.0843. The summed E-state index contributed by atoms with van der Waals surface area (Å²) in [5.41, 5.74) is 2.38. The predicted octanol–water partition coefficient (Wildman–Crippen LogP) is 3.44. The molecule has 5 nitrogen and oxygen atoms in total. The Balaban J connectivity index is 1.61. The van der Waals surface area contributed by atoms with E-state index in [1.165, 1.54) is 0 Å². The van der Waals surface area contributed by atoms with E-state index in [9.17, 15) is 9.59 Å². The minimum Gasteiger partial charge on any atom is -0.338 e. The van der Waals surface area contributed by atoms with Crippen molar-refractivity contribution < 1.29 is 9.59 Å². The third-order valence-corrected chi connectivity index (χ3v) is 4.03. The molecule has 0 radical (unpaired) electrons. The Kier molecular flexibility index (Phi) is 5.01. The van der Waals surface area contributed by atoms with Gasteiger partial charge in [-0.1, -0.05) is 23.7 Å². The van der Waals surface area contributed by atoms with Crippen molar-refractivity contribution in [1.29, 1.82) is 0 Å². The normalized spacial score (nSPS) is 14.2. The number of carbonyl (C=O) groups excluding carboxylic acids is 2. The van der Waals surface area contributed by atoms with E-state index in [2.05, 4.69) is 10.6 Å². The van der Waals surface area contributed by atoms with Crippen LogP contribution in [0.1, 0.15) is 12.0 Å². The van der Waals surface area contributed by atoms with Crippen molar-refractivity contribution in [2.24, 2.45) is 0 Å². The third-order valence-electron chi connectivity index (χ3n) is 3.80. The second-order valence-electron chi connectivity index (χ2n) is 5.64.